The number of rotatable bonds is 5. The number of methoxy groups -OCH3 is 1. The van der Waals surface area contributed by atoms with E-state index in [9.17, 15) is 13.9 Å². The van der Waals surface area contributed by atoms with Crippen LogP contribution in [0.5, 0.6) is 5.75 Å². The molecule has 0 spiro atoms. The Morgan fingerprint density at radius 2 is 2.13 bits per heavy atom. The molecule has 3 aromatic rings. The van der Waals surface area contributed by atoms with Gasteiger partial charge >= 0.3 is 5.82 Å². The molecule has 0 saturated carbocycles. The predicted octanol–water partition coefficient (Wildman–Crippen LogP) is 1.82. The van der Waals surface area contributed by atoms with Crippen molar-refractivity contribution >= 4 is 18.2 Å². The van der Waals surface area contributed by atoms with Crippen molar-refractivity contribution in [1.82, 2.24) is 24.9 Å². The Morgan fingerprint density at radius 1 is 1.37 bits per heavy atom. The van der Waals surface area contributed by atoms with Crippen LogP contribution in [0.2, 0.25) is 0 Å². The number of halogens is 2. The zero-order chi connectivity index (χ0) is 21.6. The highest BCUT2D eigenvalue weighted by Crippen LogP contribution is 2.31. The van der Waals surface area contributed by atoms with E-state index in [-0.39, 0.29) is 12.4 Å². The zero-order valence-electron chi connectivity index (χ0n) is 16.9. The SMILES string of the molecule is C=[N+](c1nc(-c2cnc3cc(OC)c(C(C)(C)O)nn23)ccc1F)[C@@H]1CNC[C@H]1F. The summed E-state index contributed by atoms with van der Waals surface area (Å²) < 4.78 is 36.7. The number of nitrogens with zero attached hydrogens (tertiary/aromatic N) is 5. The number of hydrogen-bond donors (Lipinski definition) is 2. The summed E-state index contributed by atoms with van der Waals surface area (Å²) in [6.07, 6.45) is 0.370. The van der Waals surface area contributed by atoms with E-state index in [0.29, 0.717) is 35.0 Å². The fourth-order valence-corrected chi connectivity index (χ4v) is 3.52. The molecule has 0 amide bonds. The highest BCUT2D eigenvalue weighted by atomic mass is 19.1. The lowest BCUT2D eigenvalue weighted by Crippen LogP contribution is -2.31. The van der Waals surface area contributed by atoms with Gasteiger partial charge in [-0.15, -0.1) is 0 Å². The maximum atomic E-state index is 14.5. The van der Waals surface area contributed by atoms with Crippen molar-refractivity contribution in [1.29, 1.82) is 0 Å². The van der Waals surface area contributed by atoms with Crippen LogP contribution in [0.15, 0.2) is 24.4 Å². The Bertz CT molecular complexity index is 1120. The Labute approximate surface area is 171 Å². The fourth-order valence-electron chi connectivity index (χ4n) is 3.52. The average Bonchev–Trinajstić information content (AvgIpc) is 3.32. The predicted molar refractivity (Wildman–Crippen MR) is 107 cm³/mol. The van der Waals surface area contributed by atoms with Crippen molar-refractivity contribution < 1.29 is 23.2 Å². The first-order chi connectivity index (χ1) is 14.2. The maximum absolute atomic E-state index is 14.5. The summed E-state index contributed by atoms with van der Waals surface area (Å²) in [5.74, 6) is -0.268. The molecule has 1 fully saturated rings. The van der Waals surface area contributed by atoms with Crippen LogP contribution in [0.25, 0.3) is 17.0 Å². The minimum Gasteiger partial charge on any atom is -0.495 e. The molecule has 1 aliphatic heterocycles. The quantitative estimate of drug-likeness (QED) is 0.487. The van der Waals surface area contributed by atoms with Crippen molar-refractivity contribution in [2.75, 3.05) is 20.2 Å². The molecular weight excluding hydrogens is 394 g/mol. The van der Waals surface area contributed by atoms with Gasteiger partial charge in [0.05, 0.1) is 20.0 Å². The van der Waals surface area contributed by atoms with Crippen LogP contribution in [0.4, 0.5) is 14.6 Å². The summed E-state index contributed by atoms with van der Waals surface area (Å²) in [5, 5.41) is 17.9. The number of ether oxygens (including phenoxy) is 1. The summed E-state index contributed by atoms with van der Waals surface area (Å²) in [4.78, 5) is 8.70. The molecule has 1 aliphatic rings. The molecule has 8 nitrogen and oxygen atoms in total. The summed E-state index contributed by atoms with van der Waals surface area (Å²) in [6, 6.07) is 3.78. The lowest BCUT2D eigenvalue weighted by atomic mass is 10.0. The lowest BCUT2D eigenvalue weighted by molar-refractivity contribution is -0.484. The third kappa shape index (κ3) is 3.41. The molecule has 2 N–H and O–H groups in total. The number of aliphatic hydroxyl groups is 1. The van der Waals surface area contributed by atoms with Gasteiger partial charge in [0.25, 0.3) is 0 Å². The third-order valence-electron chi connectivity index (χ3n) is 5.13. The molecule has 30 heavy (non-hydrogen) atoms. The first-order valence-corrected chi connectivity index (χ1v) is 9.47. The maximum Gasteiger partial charge on any atom is 0.359 e. The Balaban J connectivity index is 1.82. The van der Waals surface area contributed by atoms with E-state index < -0.39 is 23.6 Å². The highest BCUT2D eigenvalue weighted by molar-refractivity contribution is 5.61. The number of pyridine rings is 1. The topological polar surface area (TPSA) is 87.6 Å². The van der Waals surface area contributed by atoms with Gasteiger partial charge in [0.1, 0.15) is 28.8 Å². The van der Waals surface area contributed by atoms with Crippen molar-refractivity contribution in [3.63, 3.8) is 0 Å². The highest BCUT2D eigenvalue weighted by Gasteiger charge is 2.36. The van der Waals surface area contributed by atoms with Crippen molar-refractivity contribution in [2.45, 2.75) is 31.7 Å². The Kier molecular flexibility index (Phi) is 4.99. The molecule has 0 aromatic carbocycles. The zero-order valence-corrected chi connectivity index (χ0v) is 16.9. The molecule has 2 atom stereocenters. The third-order valence-corrected chi connectivity index (χ3v) is 5.13. The molecule has 0 unspecified atom stereocenters. The van der Waals surface area contributed by atoms with Gasteiger partial charge in [-0.1, -0.05) is 0 Å². The number of fused-ring (bicyclic) bond motifs is 1. The standard InChI is InChI=1S/C20H23F2N6O2/c1-20(2,29)18-16(30-4)7-17-24-10-15(28(17)26-18)13-6-5-11(21)19(25-13)27(3)14-9-23-8-12(14)22/h5-7,10,12,14,23,29H,3,8-9H2,1-2,4H3/q+1/t12-,14-/m1/s1. The van der Waals surface area contributed by atoms with Crippen LogP contribution in [-0.2, 0) is 5.60 Å². The fraction of sp³-hybridized carbons (Fsp3) is 0.400. The van der Waals surface area contributed by atoms with E-state index in [1.54, 1.807) is 26.1 Å². The Hall–Kier alpha value is -2.98. The molecule has 3 aromatic heterocycles. The number of aromatic nitrogens is 4. The molecule has 1 saturated heterocycles. The van der Waals surface area contributed by atoms with E-state index in [1.807, 2.05) is 0 Å². The van der Waals surface area contributed by atoms with Crippen LogP contribution in [0, 0.1) is 5.82 Å². The molecule has 4 rings (SSSR count). The van der Waals surface area contributed by atoms with E-state index in [0.717, 1.165) is 0 Å². The van der Waals surface area contributed by atoms with Gasteiger partial charge < -0.3 is 15.2 Å². The van der Waals surface area contributed by atoms with Crippen molar-refractivity contribution in [3.8, 4) is 17.1 Å². The van der Waals surface area contributed by atoms with Crippen LogP contribution in [0.3, 0.4) is 0 Å². The average molecular weight is 417 g/mol. The first kappa shape index (κ1) is 20.3. The van der Waals surface area contributed by atoms with E-state index in [2.05, 4.69) is 27.1 Å². The van der Waals surface area contributed by atoms with Gasteiger partial charge in [-0.25, -0.2) is 18.5 Å². The summed E-state index contributed by atoms with van der Waals surface area (Å²) in [7, 11) is 1.49. The molecule has 158 valence electrons. The molecule has 4 heterocycles. The van der Waals surface area contributed by atoms with Crippen LogP contribution >= 0.6 is 0 Å². The molecule has 0 bridgehead atoms. The molecule has 0 radical (unpaired) electrons. The second-order valence-corrected chi connectivity index (χ2v) is 7.75. The minimum absolute atomic E-state index is 0.0602. The first-order valence-electron chi connectivity index (χ1n) is 9.47. The summed E-state index contributed by atoms with van der Waals surface area (Å²) in [6.45, 7) is 7.55. The largest absolute Gasteiger partial charge is 0.495 e. The normalized spacial score (nSPS) is 19.4. The second-order valence-electron chi connectivity index (χ2n) is 7.75. The van der Waals surface area contributed by atoms with E-state index in [1.165, 1.54) is 28.3 Å². The monoisotopic (exact) mass is 417 g/mol. The van der Waals surface area contributed by atoms with Crippen LogP contribution < -0.4 is 10.1 Å². The smallest absolute Gasteiger partial charge is 0.359 e. The van der Waals surface area contributed by atoms with Crippen LogP contribution in [-0.4, -0.2) is 68.4 Å². The molecule has 10 heteroatoms. The summed E-state index contributed by atoms with van der Waals surface area (Å²) in [5.41, 5.74) is 0.383. The lowest BCUT2D eigenvalue weighted by Gasteiger charge is -2.19. The number of hydrogen-bond acceptors (Lipinski definition) is 6. The van der Waals surface area contributed by atoms with Crippen molar-refractivity contribution in [3.05, 3.63) is 35.9 Å². The van der Waals surface area contributed by atoms with Gasteiger partial charge in [0, 0.05) is 19.2 Å². The number of alkyl halides is 1. The summed E-state index contributed by atoms with van der Waals surface area (Å²) >= 11 is 0. The molecule has 0 aliphatic carbocycles. The van der Waals surface area contributed by atoms with Gasteiger partial charge in [-0.3, -0.25) is 0 Å². The van der Waals surface area contributed by atoms with E-state index in [4.69, 9.17) is 4.74 Å². The van der Waals surface area contributed by atoms with E-state index >= 15 is 0 Å². The Morgan fingerprint density at radius 3 is 2.77 bits per heavy atom. The van der Waals surface area contributed by atoms with Gasteiger partial charge in [-0.05, 0) is 31.0 Å². The number of imidazole rings is 1. The minimum atomic E-state index is -1.27. The van der Waals surface area contributed by atoms with Gasteiger partial charge in [-0.2, -0.15) is 9.49 Å². The molecular formula is C20H23F2N6O2+. The van der Waals surface area contributed by atoms with Gasteiger partial charge in [0.2, 0.25) is 11.5 Å². The van der Waals surface area contributed by atoms with Crippen LogP contribution in [0.1, 0.15) is 19.5 Å². The number of nitrogens with one attached hydrogen (secondary N) is 1. The second kappa shape index (κ2) is 7.37. The van der Waals surface area contributed by atoms with Crippen molar-refractivity contribution in [2.24, 2.45) is 0 Å². The van der Waals surface area contributed by atoms with Gasteiger partial charge in [0.15, 0.2) is 11.8 Å².